The first-order valence-electron chi connectivity index (χ1n) is 2.32. The van der Waals surface area contributed by atoms with Crippen LogP contribution in [0.2, 0.25) is 0 Å². The Morgan fingerprint density at radius 2 is 2.11 bits per heavy atom. The topological polar surface area (TPSA) is 60.8 Å². The Morgan fingerprint density at radius 3 is 2.22 bits per heavy atom. The molecule has 50 valence electrons. The van der Waals surface area contributed by atoms with Crippen molar-refractivity contribution in [1.82, 2.24) is 5.06 Å². The third-order valence-electron chi connectivity index (χ3n) is 0.683. The van der Waals surface area contributed by atoms with Crippen LogP contribution in [-0.2, 0) is 4.79 Å². The number of hydrogen-bond donors (Lipinski definition) is 2. The average molecular weight is 143 g/mol. The Labute approximate surface area is 75.7 Å². The van der Waals surface area contributed by atoms with Gasteiger partial charge in [-0.3, -0.25) is 4.79 Å². The van der Waals surface area contributed by atoms with Gasteiger partial charge in [0.1, 0.15) is 6.54 Å². The van der Waals surface area contributed by atoms with Gasteiger partial charge in [0.2, 0.25) is 0 Å². The molecule has 2 N–H and O–H groups in total. The van der Waals surface area contributed by atoms with Crippen LogP contribution in [0.15, 0.2) is 0 Å². The van der Waals surface area contributed by atoms with E-state index >= 15 is 0 Å². The number of carboxylic acid groups (broad SMARTS) is 1. The van der Waals surface area contributed by atoms with Crippen LogP contribution in [0.5, 0.6) is 0 Å². The van der Waals surface area contributed by atoms with Gasteiger partial charge in [-0.25, -0.2) is 0 Å². The summed E-state index contributed by atoms with van der Waals surface area (Å²) >= 11 is 0. The molecule has 9 heavy (non-hydrogen) atoms. The molecule has 5 heteroatoms. The van der Waals surface area contributed by atoms with Gasteiger partial charge in [-0.15, -0.1) is 0 Å². The summed E-state index contributed by atoms with van der Waals surface area (Å²) in [6.45, 7) is 1.70. The molecule has 0 radical (unpaired) electrons. The van der Waals surface area contributed by atoms with Gasteiger partial charge >= 0.3 is 35.5 Å². The van der Waals surface area contributed by atoms with Crippen LogP contribution in [-0.4, -0.2) is 64.0 Å². The quantitative estimate of drug-likeness (QED) is 0.398. The van der Waals surface area contributed by atoms with Crippen molar-refractivity contribution < 1.29 is 15.1 Å². The summed E-state index contributed by atoms with van der Waals surface area (Å²) < 4.78 is 0. The molecule has 0 aromatic carbocycles. The predicted molar refractivity (Wildman–Crippen MR) is 33.8 cm³/mol. The standard InChI is InChI=1S/C4H9NO3.Na.H/c1-2-5(8)3-4(6)7;;/h8H,2-3H2,1H3,(H,6,7);;. The monoisotopic (exact) mass is 143 g/mol. The minimum absolute atomic E-state index is 0. The molecule has 0 aliphatic heterocycles. The van der Waals surface area contributed by atoms with Crippen molar-refractivity contribution in [2.24, 2.45) is 0 Å². The zero-order chi connectivity index (χ0) is 6.57. The molecule has 0 fully saturated rings. The molecular weight excluding hydrogens is 133 g/mol. The molecule has 0 atom stereocenters. The van der Waals surface area contributed by atoms with Crippen molar-refractivity contribution >= 4 is 35.5 Å². The van der Waals surface area contributed by atoms with Gasteiger partial charge in [0.05, 0.1) is 0 Å². The fourth-order valence-corrected chi connectivity index (χ4v) is 0.268. The van der Waals surface area contributed by atoms with Gasteiger partial charge in [0, 0.05) is 6.54 Å². The Bertz CT molecular complexity index is 87.9. The van der Waals surface area contributed by atoms with Crippen LogP contribution in [0.1, 0.15) is 6.92 Å². The number of likely N-dealkylation sites (N-methyl/N-ethyl adjacent to an activating group) is 1. The van der Waals surface area contributed by atoms with E-state index in [1.807, 2.05) is 0 Å². The van der Waals surface area contributed by atoms with Crippen molar-refractivity contribution in [3.8, 4) is 0 Å². The molecule has 0 saturated heterocycles. The first kappa shape index (κ1) is 12.1. The van der Waals surface area contributed by atoms with Crippen LogP contribution in [0.3, 0.4) is 0 Å². The Hall–Kier alpha value is 0.390. The zero-order valence-corrected chi connectivity index (χ0v) is 4.66. The maximum atomic E-state index is 9.77. The predicted octanol–water partition coefficient (Wildman–Crippen LogP) is -0.866. The van der Waals surface area contributed by atoms with Crippen LogP contribution in [0.25, 0.3) is 0 Å². The van der Waals surface area contributed by atoms with E-state index in [1.165, 1.54) is 0 Å². The number of hydrogen-bond acceptors (Lipinski definition) is 3. The molecule has 0 unspecified atom stereocenters. The summed E-state index contributed by atoms with van der Waals surface area (Å²) in [5.74, 6) is -1.02. The van der Waals surface area contributed by atoms with Gasteiger partial charge in [0.15, 0.2) is 0 Å². The van der Waals surface area contributed by atoms with Gasteiger partial charge in [0.25, 0.3) is 0 Å². The van der Waals surface area contributed by atoms with E-state index in [9.17, 15) is 4.79 Å². The number of rotatable bonds is 3. The Kier molecular flexibility index (Phi) is 8.75. The molecule has 0 aromatic rings. The van der Waals surface area contributed by atoms with Crippen LogP contribution < -0.4 is 0 Å². The van der Waals surface area contributed by atoms with Gasteiger partial charge in [-0.2, -0.15) is 5.06 Å². The second-order valence-electron chi connectivity index (χ2n) is 1.37. The Balaban J connectivity index is 0. The summed E-state index contributed by atoms with van der Waals surface area (Å²) in [5.41, 5.74) is 0. The number of carboxylic acids is 1. The molecule has 0 bridgehead atoms. The molecule has 0 spiro atoms. The summed E-state index contributed by atoms with van der Waals surface area (Å²) in [7, 11) is 0. The van der Waals surface area contributed by atoms with E-state index in [2.05, 4.69) is 0 Å². The van der Waals surface area contributed by atoms with Crippen molar-refractivity contribution in [3.05, 3.63) is 0 Å². The number of carbonyl (C=O) groups is 1. The van der Waals surface area contributed by atoms with Crippen molar-refractivity contribution in [2.45, 2.75) is 6.92 Å². The van der Waals surface area contributed by atoms with E-state index in [0.29, 0.717) is 6.54 Å². The maximum absolute atomic E-state index is 9.77. The van der Waals surface area contributed by atoms with E-state index in [4.69, 9.17) is 10.3 Å². The van der Waals surface area contributed by atoms with Crippen molar-refractivity contribution in [2.75, 3.05) is 13.1 Å². The summed E-state index contributed by atoms with van der Waals surface area (Å²) in [4.78, 5) is 9.77. The first-order valence-corrected chi connectivity index (χ1v) is 2.32. The summed E-state index contributed by atoms with van der Waals surface area (Å²) in [6.07, 6.45) is 0. The van der Waals surface area contributed by atoms with Gasteiger partial charge in [-0.05, 0) is 0 Å². The molecule has 0 rings (SSSR count). The van der Waals surface area contributed by atoms with E-state index in [-0.39, 0.29) is 36.1 Å². The van der Waals surface area contributed by atoms with Gasteiger partial charge in [-0.1, -0.05) is 6.92 Å². The van der Waals surface area contributed by atoms with Gasteiger partial charge < -0.3 is 10.3 Å². The zero-order valence-electron chi connectivity index (χ0n) is 4.66. The van der Waals surface area contributed by atoms with Crippen molar-refractivity contribution in [3.63, 3.8) is 0 Å². The van der Waals surface area contributed by atoms with Crippen molar-refractivity contribution in [1.29, 1.82) is 0 Å². The summed E-state index contributed by atoms with van der Waals surface area (Å²) in [6, 6.07) is 0. The molecule has 0 aliphatic rings. The second kappa shape index (κ2) is 6.51. The van der Waals surface area contributed by atoms with E-state index in [0.717, 1.165) is 5.06 Å². The molecule has 0 amide bonds. The molecular formula is C4H10NNaO3. The normalized spacial score (nSPS) is 8.78. The third kappa shape index (κ3) is 8.39. The second-order valence-corrected chi connectivity index (χ2v) is 1.37. The van der Waals surface area contributed by atoms with Crippen LogP contribution >= 0.6 is 0 Å². The SMILES string of the molecule is CCN(O)CC(=O)O.[NaH]. The fraction of sp³-hybridized carbons (Fsp3) is 0.750. The molecule has 0 aromatic heterocycles. The molecule has 0 heterocycles. The number of hydroxylamine groups is 2. The summed E-state index contributed by atoms with van der Waals surface area (Å²) in [5, 5.41) is 17.2. The van der Waals surface area contributed by atoms with Crippen LogP contribution in [0.4, 0.5) is 0 Å². The first-order chi connectivity index (χ1) is 3.66. The van der Waals surface area contributed by atoms with Crippen LogP contribution in [0, 0.1) is 0 Å². The molecule has 4 nitrogen and oxygen atoms in total. The average Bonchev–Trinajstić information content (AvgIpc) is 1.65. The van der Waals surface area contributed by atoms with E-state index in [1.54, 1.807) is 6.92 Å². The Morgan fingerprint density at radius 1 is 1.67 bits per heavy atom. The molecule has 0 aliphatic carbocycles. The molecule has 0 saturated carbocycles. The number of nitrogens with zero attached hydrogens (tertiary/aromatic N) is 1. The van der Waals surface area contributed by atoms with E-state index < -0.39 is 5.97 Å². The minimum atomic E-state index is -1.02. The fourth-order valence-electron chi connectivity index (χ4n) is 0.268. The number of aliphatic carboxylic acids is 1. The third-order valence-corrected chi connectivity index (χ3v) is 0.683.